The molecule has 0 radical (unpaired) electrons. The van der Waals surface area contributed by atoms with Crippen LogP contribution in [0.25, 0.3) is 16.8 Å². The van der Waals surface area contributed by atoms with Crippen molar-refractivity contribution in [2.24, 2.45) is 5.92 Å². The molecule has 0 saturated carbocycles. The molecule has 0 fully saturated rings. The van der Waals surface area contributed by atoms with Crippen molar-refractivity contribution in [2.75, 3.05) is 7.11 Å². The van der Waals surface area contributed by atoms with Crippen LogP contribution < -0.4 is 0 Å². The molecule has 1 aromatic carbocycles. The SMILES string of the molecule is COCc1nn2c3c(cnc2c1-c1ccc(Cl)cc1)CC(C)CC3. The van der Waals surface area contributed by atoms with Crippen LogP contribution in [0.5, 0.6) is 0 Å². The summed E-state index contributed by atoms with van der Waals surface area (Å²) in [6, 6.07) is 7.83. The molecule has 0 aliphatic heterocycles. The van der Waals surface area contributed by atoms with Crippen LogP contribution in [0.1, 0.15) is 30.3 Å². The van der Waals surface area contributed by atoms with Gasteiger partial charge < -0.3 is 4.74 Å². The van der Waals surface area contributed by atoms with Crippen LogP contribution in [0, 0.1) is 5.92 Å². The van der Waals surface area contributed by atoms with Crippen LogP contribution in [-0.4, -0.2) is 21.7 Å². The van der Waals surface area contributed by atoms with Gasteiger partial charge in [0.2, 0.25) is 0 Å². The Morgan fingerprint density at radius 3 is 2.83 bits per heavy atom. The van der Waals surface area contributed by atoms with Gasteiger partial charge in [-0.2, -0.15) is 5.10 Å². The average Bonchev–Trinajstić information content (AvgIpc) is 2.94. The number of hydrogen-bond donors (Lipinski definition) is 0. The van der Waals surface area contributed by atoms with Crippen molar-refractivity contribution in [1.82, 2.24) is 14.6 Å². The molecule has 1 unspecified atom stereocenters. The van der Waals surface area contributed by atoms with Crippen LogP contribution in [-0.2, 0) is 24.2 Å². The van der Waals surface area contributed by atoms with Gasteiger partial charge in [0.05, 0.1) is 17.9 Å². The van der Waals surface area contributed by atoms with E-state index in [4.69, 9.17) is 26.4 Å². The summed E-state index contributed by atoms with van der Waals surface area (Å²) in [6.45, 7) is 2.76. The number of aryl methyl sites for hydroxylation is 1. The summed E-state index contributed by atoms with van der Waals surface area (Å²) < 4.78 is 7.40. The molecule has 0 saturated heterocycles. The monoisotopic (exact) mass is 341 g/mol. The van der Waals surface area contributed by atoms with E-state index >= 15 is 0 Å². The van der Waals surface area contributed by atoms with Crippen molar-refractivity contribution in [3.8, 4) is 11.1 Å². The van der Waals surface area contributed by atoms with Gasteiger partial charge in [0, 0.05) is 24.0 Å². The van der Waals surface area contributed by atoms with Crippen LogP contribution >= 0.6 is 11.6 Å². The zero-order valence-electron chi connectivity index (χ0n) is 13.9. The van der Waals surface area contributed by atoms with E-state index in [1.807, 2.05) is 35.0 Å². The minimum Gasteiger partial charge on any atom is -0.378 e. The summed E-state index contributed by atoms with van der Waals surface area (Å²) in [5.41, 5.74) is 6.52. The second-order valence-corrected chi connectivity index (χ2v) is 7.01. The van der Waals surface area contributed by atoms with Gasteiger partial charge in [-0.25, -0.2) is 9.50 Å². The number of ether oxygens (including phenoxy) is 1. The average molecular weight is 342 g/mol. The summed E-state index contributed by atoms with van der Waals surface area (Å²) in [5, 5.41) is 5.56. The molecule has 1 aliphatic carbocycles. The first-order valence-corrected chi connectivity index (χ1v) is 8.68. The van der Waals surface area contributed by atoms with Gasteiger partial charge in [-0.3, -0.25) is 0 Å². The maximum atomic E-state index is 6.04. The van der Waals surface area contributed by atoms with Crippen LogP contribution in [0.3, 0.4) is 0 Å². The number of benzene rings is 1. The fraction of sp³-hybridized carbons (Fsp3) is 0.368. The molecule has 4 rings (SSSR count). The Morgan fingerprint density at radius 1 is 1.29 bits per heavy atom. The number of methoxy groups -OCH3 is 1. The molecule has 3 aromatic rings. The Labute approximate surface area is 146 Å². The standard InChI is InChI=1S/C19H20ClN3O/c1-12-3-8-17-14(9-12)10-21-19-18(13-4-6-15(20)7-5-13)16(11-24-2)22-23(17)19/h4-7,10,12H,3,8-9,11H2,1-2H3. The first kappa shape index (κ1) is 15.6. The Bertz CT molecular complexity index is 886. The quantitative estimate of drug-likeness (QED) is 0.712. The predicted octanol–water partition coefficient (Wildman–Crippen LogP) is 4.32. The summed E-state index contributed by atoms with van der Waals surface area (Å²) in [7, 11) is 1.69. The minimum atomic E-state index is 0.465. The van der Waals surface area contributed by atoms with Gasteiger partial charge in [0.15, 0.2) is 5.65 Å². The molecule has 24 heavy (non-hydrogen) atoms. The molecule has 0 bridgehead atoms. The number of rotatable bonds is 3. The lowest BCUT2D eigenvalue weighted by molar-refractivity contribution is 0.181. The third-order valence-electron chi connectivity index (χ3n) is 4.76. The van der Waals surface area contributed by atoms with E-state index in [-0.39, 0.29) is 0 Å². The molecule has 1 atom stereocenters. The summed E-state index contributed by atoms with van der Waals surface area (Å²) in [4.78, 5) is 4.74. The second-order valence-electron chi connectivity index (χ2n) is 6.58. The molecular formula is C19H20ClN3O. The number of nitrogens with zero attached hydrogens (tertiary/aromatic N) is 3. The van der Waals surface area contributed by atoms with E-state index in [0.29, 0.717) is 12.5 Å². The fourth-order valence-corrected chi connectivity index (χ4v) is 3.68. The van der Waals surface area contributed by atoms with Gasteiger partial charge in [-0.05, 0) is 48.4 Å². The van der Waals surface area contributed by atoms with E-state index in [2.05, 4.69) is 6.92 Å². The lowest BCUT2D eigenvalue weighted by Crippen LogP contribution is -2.16. The van der Waals surface area contributed by atoms with Crippen molar-refractivity contribution in [2.45, 2.75) is 32.8 Å². The molecule has 0 N–H and O–H groups in total. The molecule has 124 valence electrons. The Hall–Kier alpha value is -1.91. The first-order valence-electron chi connectivity index (χ1n) is 8.30. The minimum absolute atomic E-state index is 0.465. The largest absolute Gasteiger partial charge is 0.378 e. The van der Waals surface area contributed by atoms with Gasteiger partial charge in [0.1, 0.15) is 0 Å². The molecule has 2 heterocycles. The summed E-state index contributed by atoms with van der Waals surface area (Å²) in [6.07, 6.45) is 5.34. The molecule has 1 aliphatic rings. The van der Waals surface area contributed by atoms with Crippen LogP contribution in [0.4, 0.5) is 0 Å². The van der Waals surface area contributed by atoms with Crippen LogP contribution in [0.15, 0.2) is 30.5 Å². The maximum Gasteiger partial charge on any atom is 0.163 e. The normalized spacial score (nSPS) is 17.2. The van der Waals surface area contributed by atoms with E-state index in [0.717, 1.165) is 40.3 Å². The van der Waals surface area contributed by atoms with Gasteiger partial charge in [0.25, 0.3) is 0 Å². The van der Waals surface area contributed by atoms with Crippen molar-refractivity contribution in [3.63, 3.8) is 0 Å². The highest BCUT2D eigenvalue weighted by molar-refractivity contribution is 6.30. The number of halogens is 1. The summed E-state index contributed by atoms with van der Waals surface area (Å²) in [5.74, 6) is 0.710. The maximum absolute atomic E-state index is 6.04. The molecule has 2 aromatic heterocycles. The third kappa shape index (κ3) is 2.60. The molecule has 5 heteroatoms. The van der Waals surface area contributed by atoms with Crippen molar-refractivity contribution in [1.29, 1.82) is 0 Å². The Kier molecular flexibility index (Phi) is 4.02. The fourth-order valence-electron chi connectivity index (χ4n) is 3.56. The molecule has 0 spiro atoms. The van der Waals surface area contributed by atoms with Crippen molar-refractivity contribution < 1.29 is 4.74 Å². The molecular weight excluding hydrogens is 322 g/mol. The van der Waals surface area contributed by atoms with Gasteiger partial charge in [-0.1, -0.05) is 30.7 Å². The lowest BCUT2D eigenvalue weighted by Gasteiger charge is -2.21. The third-order valence-corrected chi connectivity index (χ3v) is 5.01. The Morgan fingerprint density at radius 2 is 2.08 bits per heavy atom. The zero-order chi connectivity index (χ0) is 16.7. The highest BCUT2D eigenvalue weighted by Gasteiger charge is 2.23. The molecule has 0 amide bonds. The van der Waals surface area contributed by atoms with Crippen molar-refractivity contribution in [3.05, 3.63) is 52.4 Å². The Balaban J connectivity index is 1.94. The van der Waals surface area contributed by atoms with Gasteiger partial charge in [-0.15, -0.1) is 0 Å². The lowest BCUT2D eigenvalue weighted by atomic mass is 9.89. The number of fused-ring (bicyclic) bond motifs is 3. The van der Waals surface area contributed by atoms with E-state index in [1.165, 1.54) is 17.7 Å². The van der Waals surface area contributed by atoms with E-state index in [1.54, 1.807) is 7.11 Å². The highest BCUT2D eigenvalue weighted by Crippen LogP contribution is 2.32. The highest BCUT2D eigenvalue weighted by atomic mass is 35.5. The topological polar surface area (TPSA) is 39.4 Å². The molecule has 4 nitrogen and oxygen atoms in total. The van der Waals surface area contributed by atoms with Crippen LogP contribution in [0.2, 0.25) is 5.02 Å². The number of hydrogen-bond acceptors (Lipinski definition) is 3. The van der Waals surface area contributed by atoms with Crippen molar-refractivity contribution >= 4 is 17.2 Å². The predicted molar refractivity (Wildman–Crippen MR) is 95.3 cm³/mol. The van der Waals surface area contributed by atoms with Gasteiger partial charge >= 0.3 is 0 Å². The second kappa shape index (κ2) is 6.19. The van der Waals surface area contributed by atoms with E-state index in [9.17, 15) is 0 Å². The zero-order valence-corrected chi connectivity index (χ0v) is 14.7. The number of aromatic nitrogens is 3. The summed E-state index contributed by atoms with van der Waals surface area (Å²) >= 11 is 6.04. The first-order chi connectivity index (χ1) is 11.7. The smallest absolute Gasteiger partial charge is 0.163 e. The van der Waals surface area contributed by atoms with E-state index < -0.39 is 0 Å².